The third-order valence-electron chi connectivity index (χ3n) is 5.04. The van der Waals surface area contributed by atoms with Crippen LogP contribution in [-0.4, -0.2) is 40.0 Å². The first-order valence-electron chi connectivity index (χ1n) is 9.50. The maximum Gasteiger partial charge on any atom is 0.309 e. The van der Waals surface area contributed by atoms with E-state index in [1.54, 1.807) is 4.90 Å². The Morgan fingerprint density at radius 3 is 2.72 bits per heavy atom. The van der Waals surface area contributed by atoms with Crippen molar-refractivity contribution in [3.63, 3.8) is 0 Å². The number of ether oxygens (including phenoxy) is 1. The first kappa shape index (κ1) is 19.3. The van der Waals surface area contributed by atoms with Crippen LogP contribution in [0.25, 0.3) is 11.4 Å². The highest BCUT2D eigenvalue weighted by molar-refractivity contribution is 7.12. The molecule has 0 aliphatic carbocycles. The molecule has 2 aromatic heterocycles. The molecule has 0 spiro atoms. The lowest BCUT2D eigenvalue weighted by molar-refractivity contribution is -0.152. The number of benzene rings is 1. The number of esters is 1. The fraction of sp³-hybridized carbons (Fsp3) is 0.333. The van der Waals surface area contributed by atoms with E-state index in [0.29, 0.717) is 31.8 Å². The van der Waals surface area contributed by atoms with E-state index in [9.17, 15) is 9.59 Å². The first-order chi connectivity index (χ1) is 14.1. The van der Waals surface area contributed by atoms with Gasteiger partial charge in [0.15, 0.2) is 6.61 Å². The van der Waals surface area contributed by atoms with Crippen LogP contribution in [0.3, 0.4) is 0 Å². The van der Waals surface area contributed by atoms with Crippen LogP contribution in [0.5, 0.6) is 0 Å². The Kier molecular flexibility index (Phi) is 5.71. The number of hydrogen-bond acceptors (Lipinski definition) is 7. The Labute approximate surface area is 172 Å². The van der Waals surface area contributed by atoms with E-state index in [-0.39, 0.29) is 30.3 Å². The molecule has 150 valence electrons. The van der Waals surface area contributed by atoms with Crippen molar-refractivity contribution in [2.24, 2.45) is 5.92 Å². The maximum absolute atomic E-state index is 12.4. The zero-order valence-electron chi connectivity index (χ0n) is 16.0. The van der Waals surface area contributed by atoms with Gasteiger partial charge >= 0.3 is 5.97 Å². The fourth-order valence-electron chi connectivity index (χ4n) is 3.37. The van der Waals surface area contributed by atoms with Crippen molar-refractivity contribution in [1.29, 1.82) is 0 Å². The molecule has 0 atom stereocenters. The number of likely N-dealkylation sites (tertiary alicyclic amines) is 1. The number of aromatic nitrogens is 2. The average Bonchev–Trinajstić information content (AvgIpc) is 3.44. The summed E-state index contributed by atoms with van der Waals surface area (Å²) in [6.07, 6.45) is 1.18. The number of carbonyl (C=O) groups excluding carboxylic acids is 2. The molecular formula is C21H21N3O4S. The number of thiophene rings is 1. The van der Waals surface area contributed by atoms with Gasteiger partial charge in [-0.2, -0.15) is 4.98 Å². The third-order valence-corrected chi connectivity index (χ3v) is 5.90. The van der Waals surface area contributed by atoms with Gasteiger partial charge in [0.2, 0.25) is 5.82 Å². The lowest BCUT2D eigenvalue weighted by atomic mass is 9.97. The van der Waals surface area contributed by atoms with Gasteiger partial charge < -0.3 is 14.2 Å². The number of hydrogen-bond donors (Lipinski definition) is 0. The molecule has 4 rings (SSSR count). The third kappa shape index (κ3) is 4.37. The molecular weight excluding hydrogens is 390 g/mol. The molecule has 0 N–H and O–H groups in total. The monoisotopic (exact) mass is 411 g/mol. The van der Waals surface area contributed by atoms with Crippen LogP contribution < -0.4 is 0 Å². The molecule has 0 radical (unpaired) electrons. The smallest absolute Gasteiger partial charge is 0.309 e. The highest BCUT2D eigenvalue weighted by Gasteiger charge is 2.29. The number of carbonyl (C=O) groups is 2. The summed E-state index contributed by atoms with van der Waals surface area (Å²) in [5, 5.41) is 5.86. The highest BCUT2D eigenvalue weighted by atomic mass is 32.1. The summed E-state index contributed by atoms with van der Waals surface area (Å²) in [4.78, 5) is 31.6. The molecule has 3 heterocycles. The zero-order valence-corrected chi connectivity index (χ0v) is 16.9. The van der Waals surface area contributed by atoms with Gasteiger partial charge in [0.05, 0.1) is 10.8 Å². The van der Waals surface area contributed by atoms with Gasteiger partial charge in [0, 0.05) is 18.7 Å². The fourth-order valence-corrected chi connectivity index (χ4v) is 4.06. The Morgan fingerprint density at radius 1 is 1.21 bits per heavy atom. The minimum atomic E-state index is -0.288. The second-order valence-corrected chi connectivity index (χ2v) is 7.93. The standard InChI is InChI=1S/C21H21N3O4S/c1-14-5-2-3-6-16(14)19-22-18(28-23-19)13-27-21(26)15-8-10-24(11-9-15)20(25)17-7-4-12-29-17/h2-7,12,15H,8-11,13H2,1H3. The number of amides is 1. The van der Waals surface area contributed by atoms with Gasteiger partial charge in [0.1, 0.15) is 0 Å². The molecule has 1 fully saturated rings. The molecule has 1 aliphatic rings. The Hall–Kier alpha value is -3.00. The SMILES string of the molecule is Cc1ccccc1-c1noc(COC(=O)C2CCN(C(=O)c3cccs3)CC2)n1. The molecule has 0 unspecified atom stereocenters. The van der Waals surface area contributed by atoms with E-state index in [0.717, 1.165) is 16.0 Å². The Bertz CT molecular complexity index is 991. The van der Waals surface area contributed by atoms with Gasteiger partial charge in [-0.3, -0.25) is 9.59 Å². The summed E-state index contributed by atoms with van der Waals surface area (Å²) >= 11 is 1.43. The molecule has 0 bridgehead atoms. The average molecular weight is 411 g/mol. The Balaban J connectivity index is 1.28. The summed E-state index contributed by atoms with van der Waals surface area (Å²) in [6.45, 7) is 3.02. The van der Waals surface area contributed by atoms with Crippen molar-refractivity contribution in [3.05, 3.63) is 58.1 Å². The van der Waals surface area contributed by atoms with Crippen LogP contribution in [0.2, 0.25) is 0 Å². The summed E-state index contributed by atoms with van der Waals surface area (Å²) in [6, 6.07) is 11.4. The maximum atomic E-state index is 12.4. The van der Waals surface area contributed by atoms with E-state index in [1.165, 1.54) is 11.3 Å². The quantitative estimate of drug-likeness (QED) is 0.595. The van der Waals surface area contributed by atoms with Crippen molar-refractivity contribution in [3.8, 4) is 11.4 Å². The second kappa shape index (κ2) is 8.57. The van der Waals surface area contributed by atoms with E-state index in [2.05, 4.69) is 10.1 Å². The summed E-state index contributed by atoms with van der Waals surface area (Å²) in [7, 11) is 0. The van der Waals surface area contributed by atoms with Crippen molar-refractivity contribution in [2.45, 2.75) is 26.4 Å². The molecule has 1 saturated heterocycles. The number of nitrogens with zero attached hydrogens (tertiary/aromatic N) is 3. The predicted molar refractivity (Wildman–Crippen MR) is 107 cm³/mol. The molecule has 3 aromatic rings. The predicted octanol–water partition coefficient (Wildman–Crippen LogP) is 3.70. The molecule has 1 amide bonds. The normalized spacial score (nSPS) is 14.7. The van der Waals surface area contributed by atoms with Crippen molar-refractivity contribution >= 4 is 23.2 Å². The van der Waals surface area contributed by atoms with Crippen molar-refractivity contribution in [2.75, 3.05) is 13.1 Å². The molecule has 29 heavy (non-hydrogen) atoms. The van der Waals surface area contributed by atoms with E-state index >= 15 is 0 Å². The van der Waals surface area contributed by atoms with E-state index < -0.39 is 0 Å². The molecule has 8 heteroatoms. The minimum Gasteiger partial charge on any atom is -0.455 e. The van der Waals surface area contributed by atoms with Crippen LogP contribution in [0.1, 0.15) is 34.0 Å². The largest absolute Gasteiger partial charge is 0.455 e. The topological polar surface area (TPSA) is 85.5 Å². The van der Waals surface area contributed by atoms with Crippen LogP contribution in [0.4, 0.5) is 0 Å². The number of rotatable bonds is 5. The van der Waals surface area contributed by atoms with Gasteiger partial charge in [-0.15, -0.1) is 11.3 Å². The number of piperidine rings is 1. The van der Waals surface area contributed by atoms with Crippen LogP contribution in [0.15, 0.2) is 46.3 Å². The molecule has 1 aromatic carbocycles. The Morgan fingerprint density at radius 2 is 2.00 bits per heavy atom. The van der Waals surface area contributed by atoms with E-state index in [4.69, 9.17) is 9.26 Å². The summed E-state index contributed by atoms with van der Waals surface area (Å²) in [5.41, 5.74) is 1.93. The summed E-state index contributed by atoms with van der Waals surface area (Å²) < 4.78 is 10.6. The van der Waals surface area contributed by atoms with Gasteiger partial charge in [-0.1, -0.05) is 35.5 Å². The summed E-state index contributed by atoms with van der Waals surface area (Å²) in [5.74, 6) is 0.267. The first-order valence-corrected chi connectivity index (χ1v) is 10.4. The zero-order chi connectivity index (χ0) is 20.2. The molecule has 1 aliphatic heterocycles. The van der Waals surface area contributed by atoms with Gasteiger partial charge in [-0.05, 0) is 36.8 Å². The van der Waals surface area contributed by atoms with Crippen LogP contribution in [0, 0.1) is 12.8 Å². The lowest BCUT2D eigenvalue weighted by Crippen LogP contribution is -2.40. The molecule has 0 saturated carbocycles. The minimum absolute atomic E-state index is 0.0291. The lowest BCUT2D eigenvalue weighted by Gasteiger charge is -2.30. The van der Waals surface area contributed by atoms with Gasteiger partial charge in [0.25, 0.3) is 11.8 Å². The van der Waals surface area contributed by atoms with Gasteiger partial charge in [-0.25, -0.2) is 0 Å². The molecule has 7 nitrogen and oxygen atoms in total. The highest BCUT2D eigenvalue weighted by Crippen LogP contribution is 2.23. The number of aryl methyl sites for hydroxylation is 1. The second-order valence-electron chi connectivity index (χ2n) is 6.98. The van der Waals surface area contributed by atoms with Crippen LogP contribution >= 0.6 is 11.3 Å². The van der Waals surface area contributed by atoms with Crippen molar-refractivity contribution in [1.82, 2.24) is 15.0 Å². The van der Waals surface area contributed by atoms with Crippen LogP contribution in [-0.2, 0) is 16.1 Å². The van der Waals surface area contributed by atoms with Crippen molar-refractivity contribution < 1.29 is 18.8 Å². The van der Waals surface area contributed by atoms with E-state index in [1.807, 2.05) is 48.7 Å².